The van der Waals surface area contributed by atoms with Gasteiger partial charge in [-0.1, -0.05) is 80.9 Å². The first-order chi connectivity index (χ1) is 20.2. The number of aryl methyl sites for hydroxylation is 3. The van der Waals surface area contributed by atoms with Crippen molar-refractivity contribution in [3.8, 4) is 11.3 Å². The molecule has 0 aliphatic heterocycles. The second-order valence-corrected chi connectivity index (χ2v) is 14.4. The number of aliphatic hydroxyl groups excluding tert-OH is 1. The summed E-state index contributed by atoms with van der Waals surface area (Å²) in [5.74, 6) is 0.939. The minimum Gasteiger partial charge on any atom is -0.512 e. The number of carbonyl (C=O) groups excluding carboxylic acids is 1. The second-order valence-electron chi connectivity index (χ2n) is 13.2. The number of benzene rings is 2. The maximum atomic E-state index is 12.2. The van der Waals surface area contributed by atoms with Gasteiger partial charge in [0.2, 0.25) is 0 Å². The maximum absolute atomic E-state index is 12.2. The molecule has 2 heterocycles. The zero-order valence-electron chi connectivity index (χ0n) is 28.7. The van der Waals surface area contributed by atoms with Crippen molar-refractivity contribution in [2.24, 2.45) is 16.7 Å². The van der Waals surface area contributed by atoms with Crippen LogP contribution in [0.3, 0.4) is 0 Å². The van der Waals surface area contributed by atoms with Crippen LogP contribution in [0.1, 0.15) is 103 Å². The number of aliphatic hydroxyl groups is 1. The fourth-order valence-electron chi connectivity index (χ4n) is 5.34. The molecule has 1 radical (unpaired) electrons. The minimum atomic E-state index is -0.337. The van der Waals surface area contributed by atoms with Crippen molar-refractivity contribution in [2.45, 2.75) is 108 Å². The van der Waals surface area contributed by atoms with Gasteiger partial charge in [-0.2, -0.15) is 0 Å². The van der Waals surface area contributed by atoms with Crippen LogP contribution in [0.5, 0.6) is 0 Å². The van der Waals surface area contributed by atoms with Crippen LogP contribution in [-0.2, 0) is 31.3 Å². The first kappa shape index (κ1) is 37.9. The summed E-state index contributed by atoms with van der Waals surface area (Å²) in [6, 6.07) is 16.8. The van der Waals surface area contributed by atoms with Gasteiger partial charge < -0.3 is 5.11 Å². The predicted octanol–water partition coefficient (Wildman–Crippen LogP) is 11.7. The van der Waals surface area contributed by atoms with E-state index in [9.17, 15) is 9.90 Å². The van der Waals surface area contributed by atoms with E-state index in [4.69, 9.17) is 4.98 Å². The number of hydrogen-bond donors (Lipinski definition) is 1. The van der Waals surface area contributed by atoms with E-state index in [1.54, 1.807) is 0 Å². The molecule has 241 valence electrons. The van der Waals surface area contributed by atoms with Gasteiger partial charge in [-0.3, -0.25) is 9.78 Å². The van der Waals surface area contributed by atoms with Crippen molar-refractivity contribution in [3.63, 3.8) is 0 Å². The summed E-state index contributed by atoms with van der Waals surface area (Å²) in [7, 11) is 0. The van der Waals surface area contributed by atoms with Crippen LogP contribution in [0, 0.1) is 43.6 Å². The first-order valence-corrected chi connectivity index (χ1v) is 16.8. The molecule has 0 unspecified atom stereocenters. The summed E-state index contributed by atoms with van der Waals surface area (Å²) in [6.45, 7) is 23.0. The smallest absolute Gasteiger partial charge is 0.164 e. The topological polar surface area (TPSA) is 50.2 Å². The molecular weight excluding hydrogens is 739 g/mol. The van der Waals surface area contributed by atoms with Crippen molar-refractivity contribution in [3.05, 3.63) is 75.9 Å². The van der Waals surface area contributed by atoms with Crippen LogP contribution in [-0.4, -0.2) is 15.9 Å². The van der Waals surface area contributed by atoms with Crippen molar-refractivity contribution < 1.29 is 30.0 Å². The van der Waals surface area contributed by atoms with Gasteiger partial charge in [0.15, 0.2) is 5.78 Å². The maximum Gasteiger partial charge on any atom is 0.164 e. The molecule has 2 aromatic heterocycles. The number of carbonyl (C=O) groups is 1. The zero-order chi connectivity index (χ0) is 32.1. The SMILES string of the molecule is CCC(C)(CC)C(=O)/C=C(\O)C(C)(CC)CC.Cc1[c-]c(-c2nc3ccc(C)cc3c3sc(CC(C)C)cc23)cc(C)c1.[Ir]. The van der Waals surface area contributed by atoms with Crippen LogP contribution in [0.25, 0.3) is 32.2 Å². The van der Waals surface area contributed by atoms with E-state index in [2.05, 4.69) is 77.1 Å². The number of rotatable bonds is 10. The molecule has 0 amide bonds. The van der Waals surface area contributed by atoms with E-state index in [0.29, 0.717) is 5.92 Å². The number of fused-ring (bicyclic) bond motifs is 3. The zero-order valence-corrected chi connectivity index (χ0v) is 31.9. The standard InChI is InChI=1S/C24H24NS.C15H28O2.Ir/c1-14(2)8-19-13-21-23(18-10-16(4)9-17(5)11-18)25-22-7-6-15(3)12-20(22)24(21)26-19;1-7-14(5,8-2)12(16)11-13(17)15(6,9-3)10-4;/h6-7,9-10,12-14H,8H2,1-5H3;11,16H,7-10H2,1-6H3;/q-1;;/b;12-11-;. The van der Waals surface area contributed by atoms with Crippen molar-refractivity contribution >= 4 is 38.1 Å². The van der Waals surface area contributed by atoms with E-state index >= 15 is 0 Å². The van der Waals surface area contributed by atoms with Crippen LogP contribution < -0.4 is 0 Å². The minimum absolute atomic E-state index is 0. The molecule has 2 aromatic carbocycles. The van der Waals surface area contributed by atoms with Gasteiger partial charge >= 0.3 is 0 Å². The van der Waals surface area contributed by atoms with Gasteiger partial charge in [-0.05, 0) is 74.2 Å². The molecule has 44 heavy (non-hydrogen) atoms. The molecular formula is C39H52IrNO2S-. The van der Waals surface area contributed by atoms with Crippen molar-refractivity contribution in [1.82, 2.24) is 4.98 Å². The molecule has 0 spiro atoms. The van der Waals surface area contributed by atoms with Gasteiger partial charge in [0.1, 0.15) is 5.76 Å². The second kappa shape index (κ2) is 15.8. The van der Waals surface area contributed by atoms with Crippen LogP contribution in [0.2, 0.25) is 0 Å². The molecule has 0 aliphatic rings. The molecule has 0 atom stereocenters. The van der Waals surface area contributed by atoms with Gasteiger partial charge in [0.25, 0.3) is 0 Å². The summed E-state index contributed by atoms with van der Waals surface area (Å²) in [5, 5.41) is 12.7. The number of aromatic nitrogens is 1. The van der Waals surface area contributed by atoms with E-state index in [1.165, 1.54) is 37.6 Å². The fraction of sp³-hybridized carbons (Fsp3) is 0.487. The molecule has 5 heteroatoms. The normalized spacial score (nSPS) is 12.3. The summed E-state index contributed by atoms with van der Waals surface area (Å²) in [5.41, 5.74) is 6.34. The molecule has 0 saturated heterocycles. The molecule has 0 saturated carbocycles. The third-order valence-electron chi connectivity index (χ3n) is 9.28. The molecule has 0 aliphatic carbocycles. The average Bonchev–Trinajstić information content (AvgIpc) is 3.38. The first-order valence-electron chi connectivity index (χ1n) is 16.0. The van der Waals surface area contributed by atoms with Gasteiger partial charge in [-0.15, -0.1) is 46.2 Å². The number of pyridine rings is 1. The largest absolute Gasteiger partial charge is 0.512 e. The number of allylic oxidation sites excluding steroid dienone is 2. The third-order valence-corrected chi connectivity index (χ3v) is 10.5. The summed E-state index contributed by atoms with van der Waals surface area (Å²) >= 11 is 1.93. The van der Waals surface area contributed by atoms with Crippen LogP contribution in [0.4, 0.5) is 0 Å². The molecule has 4 aromatic rings. The van der Waals surface area contributed by atoms with Gasteiger partial charge in [0, 0.05) is 52.0 Å². The molecule has 4 rings (SSSR count). The van der Waals surface area contributed by atoms with Crippen LogP contribution >= 0.6 is 11.3 Å². The number of nitrogens with zero attached hydrogens (tertiary/aromatic N) is 1. The Morgan fingerprint density at radius 2 is 1.52 bits per heavy atom. The molecule has 3 nitrogen and oxygen atoms in total. The molecule has 0 fully saturated rings. The quantitative estimate of drug-likeness (QED) is 0.0989. The molecule has 1 N–H and O–H groups in total. The third kappa shape index (κ3) is 8.68. The summed E-state index contributed by atoms with van der Waals surface area (Å²) < 4.78 is 1.36. The van der Waals surface area contributed by atoms with E-state index in [1.807, 2.05) is 52.9 Å². The average molecular weight is 791 g/mol. The van der Waals surface area contributed by atoms with Gasteiger partial charge in [0.05, 0.1) is 5.52 Å². The monoisotopic (exact) mass is 791 g/mol. The Kier molecular flexibility index (Phi) is 13.6. The van der Waals surface area contributed by atoms with Crippen molar-refractivity contribution in [1.29, 1.82) is 0 Å². The Balaban J connectivity index is 0.000000331. The summed E-state index contributed by atoms with van der Waals surface area (Å²) in [6.07, 6.45) is 5.87. The number of thiophene rings is 1. The van der Waals surface area contributed by atoms with E-state index < -0.39 is 0 Å². The Hall–Kier alpha value is -2.33. The fourth-order valence-corrected chi connectivity index (χ4v) is 6.74. The van der Waals surface area contributed by atoms with E-state index in [-0.39, 0.29) is 42.5 Å². The van der Waals surface area contributed by atoms with Gasteiger partial charge in [-0.25, -0.2) is 0 Å². The Morgan fingerprint density at radius 1 is 0.909 bits per heavy atom. The Bertz CT molecular complexity index is 1590. The predicted molar refractivity (Wildman–Crippen MR) is 187 cm³/mol. The van der Waals surface area contributed by atoms with Crippen LogP contribution in [0.15, 0.2) is 48.2 Å². The Morgan fingerprint density at radius 3 is 2.07 bits per heavy atom. The van der Waals surface area contributed by atoms with Crippen molar-refractivity contribution in [2.75, 3.05) is 0 Å². The summed E-state index contributed by atoms with van der Waals surface area (Å²) in [4.78, 5) is 18.7. The Labute approximate surface area is 283 Å². The number of hydrogen-bond acceptors (Lipinski definition) is 4. The molecule has 0 bridgehead atoms. The van der Waals surface area contributed by atoms with E-state index in [0.717, 1.165) is 54.4 Å². The number of ketones is 1.